The minimum atomic E-state index is -0.513. The van der Waals surface area contributed by atoms with Crippen molar-refractivity contribution in [3.63, 3.8) is 0 Å². The molecule has 0 saturated heterocycles. The average molecular weight is 255 g/mol. The number of hydrogen-bond acceptors (Lipinski definition) is 2. The summed E-state index contributed by atoms with van der Waals surface area (Å²) >= 11 is 5.81. The van der Waals surface area contributed by atoms with Crippen LogP contribution in [-0.4, -0.2) is 24.4 Å². The number of nitrogens with zero attached hydrogens (tertiary/aromatic N) is 1. The first kappa shape index (κ1) is 14.0. The molecule has 0 spiro atoms. The summed E-state index contributed by atoms with van der Waals surface area (Å²) in [4.78, 5) is 13.8. The highest BCUT2D eigenvalue weighted by atomic mass is 35.5. The molecule has 3 nitrogen and oxygen atoms in total. The molecule has 1 amide bonds. The van der Waals surface area contributed by atoms with Gasteiger partial charge in [0.2, 0.25) is 5.91 Å². The quantitative estimate of drug-likeness (QED) is 0.896. The zero-order valence-corrected chi connectivity index (χ0v) is 11.3. The first-order valence-electron chi connectivity index (χ1n) is 5.57. The van der Waals surface area contributed by atoms with Crippen LogP contribution >= 0.6 is 11.6 Å². The fourth-order valence-electron chi connectivity index (χ4n) is 1.54. The van der Waals surface area contributed by atoms with Crippen molar-refractivity contribution < 1.29 is 4.79 Å². The monoisotopic (exact) mass is 254 g/mol. The van der Waals surface area contributed by atoms with Crippen LogP contribution in [0.5, 0.6) is 0 Å². The molecule has 0 aliphatic rings. The lowest BCUT2D eigenvalue weighted by Crippen LogP contribution is -2.42. The van der Waals surface area contributed by atoms with Crippen molar-refractivity contribution in [3.8, 4) is 0 Å². The van der Waals surface area contributed by atoms with Crippen molar-refractivity contribution in [2.75, 3.05) is 13.6 Å². The number of halogens is 1. The molecule has 0 bridgehead atoms. The summed E-state index contributed by atoms with van der Waals surface area (Å²) in [6.07, 6.45) is 0. The number of benzene rings is 1. The maximum Gasteiger partial charge on any atom is 0.229 e. The van der Waals surface area contributed by atoms with Crippen LogP contribution in [0.1, 0.15) is 19.4 Å². The molecule has 2 N–H and O–H groups in total. The first-order chi connectivity index (χ1) is 7.86. The van der Waals surface area contributed by atoms with E-state index in [9.17, 15) is 4.79 Å². The fraction of sp³-hybridized carbons (Fsp3) is 0.462. The second kappa shape index (κ2) is 5.52. The first-order valence-corrected chi connectivity index (χ1v) is 5.94. The predicted molar refractivity (Wildman–Crippen MR) is 70.8 cm³/mol. The molecule has 0 saturated carbocycles. The largest absolute Gasteiger partial charge is 0.341 e. The second-order valence-electron chi connectivity index (χ2n) is 4.88. The Hall–Kier alpha value is -1.06. The van der Waals surface area contributed by atoms with Gasteiger partial charge in [0, 0.05) is 25.2 Å². The van der Waals surface area contributed by atoms with E-state index in [-0.39, 0.29) is 5.91 Å². The van der Waals surface area contributed by atoms with Crippen LogP contribution in [0.2, 0.25) is 5.02 Å². The van der Waals surface area contributed by atoms with Crippen molar-refractivity contribution in [1.82, 2.24) is 4.90 Å². The van der Waals surface area contributed by atoms with E-state index in [0.29, 0.717) is 18.1 Å². The summed E-state index contributed by atoms with van der Waals surface area (Å²) in [6.45, 7) is 4.62. The Bertz CT molecular complexity index is 387. The Kier molecular flexibility index (Phi) is 4.54. The van der Waals surface area contributed by atoms with Gasteiger partial charge in [-0.2, -0.15) is 0 Å². The number of carbonyl (C=O) groups excluding carboxylic acids is 1. The number of rotatable bonds is 4. The van der Waals surface area contributed by atoms with E-state index in [0.717, 1.165) is 5.56 Å². The zero-order valence-electron chi connectivity index (χ0n) is 10.5. The Morgan fingerprint density at radius 2 is 1.88 bits per heavy atom. The molecule has 1 rings (SSSR count). The molecule has 0 aliphatic heterocycles. The number of hydrogen-bond donors (Lipinski definition) is 1. The lowest BCUT2D eigenvalue weighted by molar-refractivity contribution is -0.139. The minimum absolute atomic E-state index is 0.0509. The van der Waals surface area contributed by atoms with E-state index in [1.54, 1.807) is 11.9 Å². The summed E-state index contributed by atoms with van der Waals surface area (Å²) in [6, 6.07) is 7.48. The van der Waals surface area contributed by atoms with E-state index < -0.39 is 5.41 Å². The highest BCUT2D eigenvalue weighted by Crippen LogP contribution is 2.18. The second-order valence-corrected chi connectivity index (χ2v) is 5.31. The standard InChI is InChI=1S/C13H19ClN2O/c1-13(2,9-15)12(17)16(3)8-10-4-6-11(14)7-5-10/h4-7H,8-9,15H2,1-3H3. The lowest BCUT2D eigenvalue weighted by Gasteiger charge is -2.28. The van der Waals surface area contributed by atoms with Crippen LogP contribution in [0.25, 0.3) is 0 Å². The minimum Gasteiger partial charge on any atom is -0.341 e. The molecule has 0 heterocycles. The maximum absolute atomic E-state index is 12.1. The van der Waals surface area contributed by atoms with Crippen LogP contribution < -0.4 is 5.73 Å². The highest BCUT2D eigenvalue weighted by molar-refractivity contribution is 6.30. The fourth-order valence-corrected chi connectivity index (χ4v) is 1.67. The summed E-state index contributed by atoms with van der Waals surface area (Å²) in [5.41, 5.74) is 6.13. The number of carbonyl (C=O) groups is 1. The van der Waals surface area contributed by atoms with Gasteiger partial charge >= 0.3 is 0 Å². The average Bonchev–Trinajstić information content (AvgIpc) is 2.31. The Balaban J connectivity index is 2.69. The summed E-state index contributed by atoms with van der Waals surface area (Å²) in [5, 5.41) is 0.699. The van der Waals surface area contributed by atoms with Crippen LogP contribution in [0.15, 0.2) is 24.3 Å². The maximum atomic E-state index is 12.1. The van der Waals surface area contributed by atoms with Gasteiger partial charge in [0.05, 0.1) is 5.41 Å². The Morgan fingerprint density at radius 3 is 2.35 bits per heavy atom. The van der Waals surface area contributed by atoms with Gasteiger partial charge in [-0.1, -0.05) is 23.7 Å². The SMILES string of the molecule is CN(Cc1ccc(Cl)cc1)C(=O)C(C)(C)CN. The molecule has 1 aromatic rings. The van der Waals surface area contributed by atoms with Gasteiger partial charge in [-0.05, 0) is 31.5 Å². The number of amides is 1. The molecular weight excluding hydrogens is 236 g/mol. The number of nitrogens with two attached hydrogens (primary N) is 1. The van der Waals surface area contributed by atoms with E-state index in [2.05, 4.69) is 0 Å². The molecule has 94 valence electrons. The van der Waals surface area contributed by atoms with E-state index >= 15 is 0 Å². The third kappa shape index (κ3) is 3.72. The van der Waals surface area contributed by atoms with Crippen molar-refractivity contribution in [3.05, 3.63) is 34.9 Å². The Labute approximate surface area is 108 Å². The normalized spacial score (nSPS) is 11.4. The summed E-state index contributed by atoms with van der Waals surface area (Å²) < 4.78 is 0. The third-order valence-electron chi connectivity index (χ3n) is 2.77. The van der Waals surface area contributed by atoms with Gasteiger partial charge < -0.3 is 10.6 Å². The van der Waals surface area contributed by atoms with Crippen LogP contribution in [0.3, 0.4) is 0 Å². The van der Waals surface area contributed by atoms with Crippen LogP contribution in [-0.2, 0) is 11.3 Å². The smallest absolute Gasteiger partial charge is 0.229 e. The van der Waals surface area contributed by atoms with Crippen molar-refractivity contribution in [2.45, 2.75) is 20.4 Å². The molecule has 4 heteroatoms. The molecule has 0 atom stereocenters. The van der Waals surface area contributed by atoms with Gasteiger partial charge in [0.1, 0.15) is 0 Å². The van der Waals surface area contributed by atoms with Crippen molar-refractivity contribution in [1.29, 1.82) is 0 Å². The van der Waals surface area contributed by atoms with Crippen molar-refractivity contribution in [2.24, 2.45) is 11.1 Å². The molecule has 0 aromatic heterocycles. The summed E-state index contributed by atoms with van der Waals surface area (Å²) in [7, 11) is 1.79. The van der Waals surface area contributed by atoms with E-state index in [1.807, 2.05) is 38.1 Å². The highest BCUT2D eigenvalue weighted by Gasteiger charge is 2.28. The predicted octanol–water partition coefficient (Wildman–Crippen LogP) is 2.28. The van der Waals surface area contributed by atoms with Crippen molar-refractivity contribution >= 4 is 17.5 Å². The molecule has 17 heavy (non-hydrogen) atoms. The third-order valence-corrected chi connectivity index (χ3v) is 3.02. The van der Waals surface area contributed by atoms with Gasteiger partial charge in [0.25, 0.3) is 0 Å². The topological polar surface area (TPSA) is 46.3 Å². The molecule has 0 fully saturated rings. The summed E-state index contributed by atoms with van der Waals surface area (Å²) in [5.74, 6) is 0.0509. The molecule has 0 radical (unpaired) electrons. The lowest BCUT2D eigenvalue weighted by atomic mass is 9.92. The van der Waals surface area contributed by atoms with Gasteiger partial charge in [-0.15, -0.1) is 0 Å². The molecule has 0 aliphatic carbocycles. The molecule has 0 unspecified atom stereocenters. The molecule has 1 aromatic carbocycles. The Morgan fingerprint density at radius 1 is 1.35 bits per heavy atom. The molecular formula is C13H19ClN2O. The van der Waals surface area contributed by atoms with E-state index in [1.165, 1.54) is 0 Å². The van der Waals surface area contributed by atoms with E-state index in [4.69, 9.17) is 17.3 Å². The van der Waals surface area contributed by atoms with Gasteiger partial charge in [-0.25, -0.2) is 0 Å². The zero-order chi connectivity index (χ0) is 13.1. The van der Waals surface area contributed by atoms with Gasteiger partial charge in [0.15, 0.2) is 0 Å². The van der Waals surface area contributed by atoms with Gasteiger partial charge in [-0.3, -0.25) is 4.79 Å². The van der Waals surface area contributed by atoms with Crippen LogP contribution in [0.4, 0.5) is 0 Å². The van der Waals surface area contributed by atoms with Crippen LogP contribution in [0, 0.1) is 5.41 Å².